The van der Waals surface area contributed by atoms with Crippen LogP contribution < -0.4 is 10.4 Å². The zero-order valence-electron chi connectivity index (χ0n) is 13.0. The average Bonchev–Trinajstić information content (AvgIpc) is 2.53. The van der Waals surface area contributed by atoms with Crippen molar-refractivity contribution < 1.29 is 14.7 Å². The fourth-order valence-corrected chi connectivity index (χ4v) is 2.64. The Morgan fingerprint density at radius 2 is 1.79 bits per heavy atom. The first kappa shape index (κ1) is 18.3. The van der Waals surface area contributed by atoms with Crippen molar-refractivity contribution in [3.63, 3.8) is 0 Å². The number of carboxylic acid groups (broad SMARTS) is 1. The van der Waals surface area contributed by atoms with Crippen LogP contribution in [-0.2, 0) is 16.0 Å². The maximum absolute atomic E-state index is 12.5. The standard InChI is InChI=1S/C18H17Cl2NO3/c1-11-15(20)3-2-4-16(11)21-18(24)13(10-17(22)23)9-12-5-7-14(19)8-6-12/h2-8,13H,9-10H2,1H3,(H,21,24)(H,22,23)/p-1/t13-/m0/s1. The van der Waals surface area contributed by atoms with Crippen LogP contribution in [0.15, 0.2) is 42.5 Å². The molecule has 1 atom stereocenters. The molecule has 126 valence electrons. The molecule has 0 saturated carbocycles. The van der Waals surface area contributed by atoms with Crippen LogP contribution in [0.3, 0.4) is 0 Å². The highest BCUT2D eigenvalue weighted by Crippen LogP contribution is 2.24. The van der Waals surface area contributed by atoms with E-state index in [-0.39, 0.29) is 18.7 Å². The van der Waals surface area contributed by atoms with Gasteiger partial charge in [-0.2, -0.15) is 0 Å². The largest absolute Gasteiger partial charge is 0.550 e. The lowest BCUT2D eigenvalue weighted by atomic mass is 9.95. The highest BCUT2D eigenvalue weighted by molar-refractivity contribution is 6.31. The van der Waals surface area contributed by atoms with Gasteiger partial charge in [-0.25, -0.2) is 0 Å². The summed E-state index contributed by atoms with van der Waals surface area (Å²) < 4.78 is 0. The van der Waals surface area contributed by atoms with Crippen LogP contribution in [0.4, 0.5) is 5.69 Å². The molecule has 4 nitrogen and oxygen atoms in total. The number of rotatable bonds is 6. The Hall–Kier alpha value is -2.04. The molecule has 24 heavy (non-hydrogen) atoms. The topological polar surface area (TPSA) is 69.2 Å². The molecular weight excluding hydrogens is 349 g/mol. The lowest BCUT2D eigenvalue weighted by molar-refractivity contribution is -0.306. The molecule has 1 amide bonds. The molecule has 0 heterocycles. The second kappa shape index (κ2) is 8.18. The zero-order chi connectivity index (χ0) is 17.7. The van der Waals surface area contributed by atoms with Gasteiger partial charge in [0.15, 0.2) is 0 Å². The van der Waals surface area contributed by atoms with Gasteiger partial charge in [0.1, 0.15) is 0 Å². The van der Waals surface area contributed by atoms with E-state index in [1.165, 1.54) is 0 Å². The fourth-order valence-electron chi connectivity index (χ4n) is 2.34. The number of anilines is 1. The van der Waals surface area contributed by atoms with Gasteiger partial charge in [0.25, 0.3) is 0 Å². The van der Waals surface area contributed by atoms with Crippen LogP contribution in [0.5, 0.6) is 0 Å². The number of hydrogen-bond donors (Lipinski definition) is 1. The molecule has 0 aliphatic heterocycles. The number of carbonyl (C=O) groups excluding carboxylic acids is 2. The van der Waals surface area contributed by atoms with Crippen molar-refractivity contribution in [3.05, 3.63) is 63.6 Å². The molecule has 0 aliphatic carbocycles. The Morgan fingerprint density at radius 3 is 2.42 bits per heavy atom. The van der Waals surface area contributed by atoms with Crippen molar-refractivity contribution in [2.24, 2.45) is 5.92 Å². The Kier molecular flexibility index (Phi) is 6.23. The van der Waals surface area contributed by atoms with Gasteiger partial charge in [-0.1, -0.05) is 41.4 Å². The molecule has 0 bridgehead atoms. The molecule has 2 aromatic rings. The molecule has 0 aliphatic rings. The summed E-state index contributed by atoms with van der Waals surface area (Å²) in [6, 6.07) is 12.1. The Bertz CT molecular complexity index is 744. The van der Waals surface area contributed by atoms with Gasteiger partial charge < -0.3 is 15.2 Å². The predicted octanol–water partition coefficient (Wildman–Crippen LogP) is 3.24. The zero-order valence-corrected chi connectivity index (χ0v) is 14.5. The summed E-state index contributed by atoms with van der Waals surface area (Å²) in [6.45, 7) is 1.78. The number of nitrogens with one attached hydrogen (secondary N) is 1. The van der Waals surface area contributed by atoms with Crippen molar-refractivity contribution in [2.75, 3.05) is 5.32 Å². The van der Waals surface area contributed by atoms with Crippen molar-refractivity contribution in [1.82, 2.24) is 0 Å². The smallest absolute Gasteiger partial charge is 0.228 e. The van der Waals surface area contributed by atoms with Crippen molar-refractivity contribution in [3.8, 4) is 0 Å². The molecule has 0 fully saturated rings. The first-order chi connectivity index (χ1) is 11.4. The minimum atomic E-state index is -1.27. The van der Waals surface area contributed by atoms with E-state index in [4.69, 9.17) is 23.2 Å². The Morgan fingerprint density at radius 1 is 1.12 bits per heavy atom. The number of hydrogen-bond acceptors (Lipinski definition) is 3. The normalized spacial score (nSPS) is 11.8. The van der Waals surface area contributed by atoms with Crippen molar-refractivity contribution in [1.29, 1.82) is 0 Å². The predicted molar refractivity (Wildman–Crippen MR) is 93.1 cm³/mol. The quantitative estimate of drug-likeness (QED) is 0.855. The second-order valence-corrected chi connectivity index (χ2v) is 6.35. The van der Waals surface area contributed by atoms with E-state index in [2.05, 4.69) is 5.32 Å². The third-order valence-corrected chi connectivity index (χ3v) is 4.37. The van der Waals surface area contributed by atoms with E-state index in [9.17, 15) is 14.7 Å². The maximum Gasteiger partial charge on any atom is 0.228 e. The fraction of sp³-hybridized carbons (Fsp3) is 0.222. The van der Waals surface area contributed by atoms with E-state index in [1.54, 1.807) is 49.4 Å². The number of carboxylic acids is 1. The molecule has 2 rings (SSSR count). The summed E-state index contributed by atoms with van der Waals surface area (Å²) in [4.78, 5) is 23.5. The van der Waals surface area contributed by atoms with Crippen LogP contribution in [-0.4, -0.2) is 11.9 Å². The lowest BCUT2D eigenvalue weighted by Crippen LogP contribution is -2.32. The van der Waals surface area contributed by atoms with Gasteiger partial charge in [0, 0.05) is 27.6 Å². The van der Waals surface area contributed by atoms with Crippen molar-refractivity contribution >= 4 is 40.8 Å². The molecule has 6 heteroatoms. The SMILES string of the molecule is Cc1c(Cl)cccc1NC(=O)[C@H](CC(=O)[O-])Cc1ccc(Cl)cc1. The molecule has 0 unspecified atom stereocenters. The maximum atomic E-state index is 12.5. The van der Waals surface area contributed by atoms with Gasteiger partial charge in [-0.15, -0.1) is 0 Å². The summed E-state index contributed by atoms with van der Waals surface area (Å²) in [5, 5.41) is 14.9. The summed E-state index contributed by atoms with van der Waals surface area (Å²) in [7, 11) is 0. The van der Waals surface area contributed by atoms with Crippen LogP contribution in [0, 0.1) is 12.8 Å². The van der Waals surface area contributed by atoms with Crippen LogP contribution in [0.1, 0.15) is 17.5 Å². The molecule has 0 spiro atoms. The molecule has 0 aromatic heterocycles. The summed E-state index contributed by atoms with van der Waals surface area (Å²) in [5.74, 6) is -2.42. The van der Waals surface area contributed by atoms with Gasteiger partial charge in [-0.05, 0) is 55.2 Å². The highest BCUT2D eigenvalue weighted by Gasteiger charge is 2.20. The highest BCUT2D eigenvalue weighted by atomic mass is 35.5. The summed E-state index contributed by atoms with van der Waals surface area (Å²) in [5.41, 5.74) is 2.11. The lowest BCUT2D eigenvalue weighted by Gasteiger charge is -2.18. The minimum Gasteiger partial charge on any atom is -0.550 e. The summed E-state index contributed by atoms with van der Waals surface area (Å²) in [6.07, 6.45) is -0.0926. The molecule has 0 radical (unpaired) electrons. The monoisotopic (exact) mass is 364 g/mol. The van der Waals surface area contributed by atoms with Crippen LogP contribution in [0.25, 0.3) is 0 Å². The third-order valence-electron chi connectivity index (χ3n) is 3.70. The second-order valence-electron chi connectivity index (χ2n) is 5.51. The number of amides is 1. The average molecular weight is 365 g/mol. The van der Waals surface area contributed by atoms with Gasteiger partial charge in [0.2, 0.25) is 5.91 Å². The van der Waals surface area contributed by atoms with E-state index in [0.29, 0.717) is 15.7 Å². The van der Waals surface area contributed by atoms with E-state index in [1.807, 2.05) is 0 Å². The van der Waals surface area contributed by atoms with Crippen molar-refractivity contribution in [2.45, 2.75) is 19.8 Å². The van der Waals surface area contributed by atoms with Gasteiger partial charge >= 0.3 is 0 Å². The number of aliphatic carboxylic acids is 1. The van der Waals surface area contributed by atoms with Gasteiger partial charge in [0.05, 0.1) is 0 Å². The van der Waals surface area contributed by atoms with E-state index < -0.39 is 11.9 Å². The molecule has 0 saturated heterocycles. The number of carbonyl (C=O) groups is 2. The first-order valence-corrected chi connectivity index (χ1v) is 8.12. The summed E-state index contributed by atoms with van der Waals surface area (Å²) >= 11 is 11.9. The first-order valence-electron chi connectivity index (χ1n) is 7.37. The molecule has 2 aromatic carbocycles. The van der Waals surface area contributed by atoms with Crippen LogP contribution >= 0.6 is 23.2 Å². The Balaban J connectivity index is 2.17. The minimum absolute atomic E-state index is 0.274. The number of benzene rings is 2. The van der Waals surface area contributed by atoms with E-state index in [0.717, 1.165) is 11.1 Å². The van der Waals surface area contributed by atoms with Gasteiger partial charge in [-0.3, -0.25) is 4.79 Å². The number of halogens is 2. The Labute approximate surface area is 150 Å². The molecular formula is C18H16Cl2NO3-. The van der Waals surface area contributed by atoms with Crippen LogP contribution in [0.2, 0.25) is 10.0 Å². The molecule has 1 N–H and O–H groups in total. The van der Waals surface area contributed by atoms with E-state index >= 15 is 0 Å². The third kappa shape index (κ3) is 4.98.